The molecule has 1 unspecified atom stereocenters. The third kappa shape index (κ3) is 4.90. The summed E-state index contributed by atoms with van der Waals surface area (Å²) in [5.74, 6) is 0.712. The fraction of sp³-hybridized carbons (Fsp3) is 0.600. The fourth-order valence-electron chi connectivity index (χ4n) is 2.29. The van der Waals surface area contributed by atoms with Crippen LogP contribution in [0.4, 0.5) is 13.2 Å². The standard InChI is InChI=1S/C15H20F3NOS/c1-2-19-9-11-5-6-13(8-14(11)15(16,17)18)21-10-12-4-3-7-20-12/h5-6,8,12,19H,2-4,7,9-10H2,1H3. The molecule has 118 valence electrons. The molecule has 21 heavy (non-hydrogen) atoms. The van der Waals surface area contributed by atoms with Crippen LogP contribution < -0.4 is 5.32 Å². The van der Waals surface area contributed by atoms with Crippen molar-refractivity contribution >= 4 is 11.8 Å². The molecule has 1 aliphatic heterocycles. The number of alkyl halides is 3. The van der Waals surface area contributed by atoms with E-state index in [1.165, 1.54) is 17.8 Å². The summed E-state index contributed by atoms with van der Waals surface area (Å²) in [5.41, 5.74) is -0.244. The summed E-state index contributed by atoms with van der Waals surface area (Å²) in [6.45, 7) is 3.52. The van der Waals surface area contributed by atoms with Crippen LogP contribution in [-0.4, -0.2) is 25.0 Å². The zero-order valence-electron chi connectivity index (χ0n) is 12.0. The number of hydrogen-bond donors (Lipinski definition) is 1. The molecule has 1 aliphatic rings. The maximum absolute atomic E-state index is 13.1. The van der Waals surface area contributed by atoms with Gasteiger partial charge < -0.3 is 10.1 Å². The Morgan fingerprint density at radius 1 is 1.38 bits per heavy atom. The molecular formula is C15H20F3NOS. The Bertz CT molecular complexity index is 459. The molecule has 1 heterocycles. The van der Waals surface area contributed by atoms with Crippen LogP contribution in [0.25, 0.3) is 0 Å². The highest BCUT2D eigenvalue weighted by molar-refractivity contribution is 7.99. The van der Waals surface area contributed by atoms with E-state index in [4.69, 9.17) is 4.74 Å². The van der Waals surface area contributed by atoms with Crippen LogP contribution in [0.5, 0.6) is 0 Å². The summed E-state index contributed by atoms with van der Waals surface area (Å²) in [6.07, 6.45) is -2.10. The van der Waals surface area contributed by atoms with E-state index >= 15 is 0 Å². The number of halogens is 3. The lowest BCUT2D eigenvalue weighted by atomic mass is 10.1. The third-order valence-electron chi connectivity index (χ3n) is 3.41. The second kappa shape index (κ2) is 7.51. The van der Waals surface area contributed by atoms with Crippen LogP contribution in [0, 0.1) is 0 Å². The van der Waals surface area contributed by atoms with Crippen molar-refractivity contribution in [2.45, 2.75) is 43.5 Å². The predicted molar refractivity (Wildman–Crippen MR) is 78.5 cm³/mol. The molecule has 0 aliphatic carbocycles. The van der Waals surface area contributed by atoms with Gasteiger partial charge in [0.15, 0.2) is 0 Å². The van der Waals surface area contributed by atoms with Gasteiger partial charge in [-0.3, -0.25) is 0 Å². The molecule has 2 nitrogen and oxygen atoms in total. The predicted octanol–water partition coefficient (Wildman–Crippen LogP) is 4.09. The van der Waals surface area contributed by atoms with E-state index in [9.17, 15) is 13.2 Å². The van der Waals surface area contributed by atoms with Gasteiger partial charge in [-0.25, -0.2) is 0 Å². The van der Waals surface area contributed by atoms with Gasteiger partial charge >= 0.3 is 6.18 Å². The Morgan fingerprint density at radius 2 is 2.19 bits per heavy atom. The van der Waals surface area contributed by atoms with E-state index in [0.29, 0.717) is 22.8 Å². The maximum Gasteiger partial charge on any atom is 0.416 e. The smallest absolute Gasteiger partial charge is 0.377 e. The highest BCUT2D eigenvalue weighted by atomic mass is 32.2. The normalized spacial score (nSPS) is 19.1. The number of hydrogen-bond acceptors (Lipinski definition) is 3. The van der Waals surface area contributed by atoms with Crippen LogP contribution >= 0.6 is 11.8 Å². The van der Waals surface area contributed by atoms with Gasteiger partial charge in [-0.15, -0.1) is 11.8 Å². The molecule has 1 saturated heterocycles. The highest BCUT2D eigenvalue weighted by Crippen LogP contribution is 2.35. The molecule has 1 atom stereocenters. The lowest BCUT2D eigenvalue weighted by Gasteiger charge is -2.15. The summed E-state index contributed by atoms with van der Waals surface area (Å²) < 4.78 is 44.9. The van der Waals surface area contributed by atoms with Gasteiger partial charge in [-0.05, 0) is 37.1 Å². The first-order valence-corrected chi connectivity index (χ1v) is 8.14. The van der Waals surface area contributed by atoms with Crippen molar-refractivity contribution in [3.8, 4) is 0 Å². The van der Waals surface area contributed by atoms with E-state index in [0.717, 1.165) is 19.4 Å². The van der Waals surface area contributed by atoms with E-state index in [2.05, 4.69) is 5.32 Å². The average Bonchev–Trinajstić information content (AvgIpc) is 2.95. The van der Waals surface area contributed by atoms with E-state index in [-0.39, 0.29) is 12.6 Å². The Hall–Kier alpha value is -0.720. The van der Waals surface area contributed by atoms with Crippen LogP contribution in [0.1, 0.15) is 30.9 Å². The van der Waals surface area contributed by atoms with Gasteiger partial charge in [-0.1, -0.05) is 13.0 Å². The molecule has 1 aromatic carbocycles. The van der Waals surface area contributed by atoms with Crippen molar-refractivity contribution in [2.75, 3.05) is 18.9 Å². The average molecular weight is 319 g/mol. The molecular weight excluding hydrogens is 299 g/mol. The van der Waals surface area contributed by atoms with Crippen LogP contribution in [0.2, 0.25) is 0 Å². The van der Waals surface area contributed by atoms with Crippen LogP contribution in [-0.2, 0) is 17.5 Å². The minimum absolute atomic E-state index is 0.172. The Morgan fingerprint density at radius 3 is 2.81 bits per heavy atom. The minimum atomic E-state index is -4.31. The first-order valence-electron chi connectivity index (χ1n) is 7.16. The second-order valence-corrected chi connectivity index (χ2v) is 6.14. The van der Waals surface area contributed by atoms with Gasteiger partial charge in [0.1, 0.15) is 0 Å². The molecule has 0 amide bonds. The maximum atomic E-state index is 13.1. The fourth-order valence-corrected chi connectivity index (χ4v) is 3.29. The van der Waals surface area contributed by atoms with Crippen molar-refractivity contribution in [1.82, 2.24) is 5.32 Å². The van der Waals surface area contributed by atoms with Crippen molar-refractivity contribution in [1.29, 1.82) is 0 Å². The van der Waals surface area contributed by atoms with Crippen molar-refractivity contribution in [3.63, 3.8) is 0 Å². The molecule has 1 aromatic rings. The Kier molecular flexibility index (Phi) is 5.96. The lowest BCUT2D eigenvalue weighted by molar-refractivity contribution is -0.138. The monoisotopic (exact) mass is 319 g/mol. The minimum Gasteiger partial charge on any atom is -0.377 e. The zero-order chi connectivity index (χ0) is 15.3. The molecule has 0 radical (unpaired) electrons. The molecule has 1 fully saturated rings. The summed E-state index contributed by atoms with van der Waals surface area (Å²) in [6, 6.07) is 4.59. The number of ether oxygens (including phenoxy) is 1. The highest BCUT2D eigenvalue weighted by Gasteiger charge is 2.33. The molecule has 0 aromatic heterocycles. The van der Waals surface area contributed by atoms with Crippen LogP contribution in [0.15, 0.2) is 23.1 Å². The summed E-state index contributed by atoms with van der Waals surface area (Å²) in [7, 11) is 0. The van der Waals surface area contributed by atoms with Crippen LogP contribution in [0.3, 0.4) is 0 Å². The first kappa shape index (κ1) is 16.6. The number of rotatable bonds is 6. The second-order valence-electron chi connectivity index (χ2n) is 5.04. The Labute approximate surface area is 127 Å². The van der Waals surface area contributed by atoms with E-state index in [1.54, 1.807) is 12.1 Å². The van der Waals surface area contributed by atoms with Gasteiger partial charge in [0.25, 0.3) is 0 Å². The SMILES string of the molecule is CCNCc1ccc(SCC2CCCO2)cc1C(F)(F)F. The quantitative estimate of drug-likeness (QED) is 0.798. The third-order valence-corrected chi connectivity index (χ3v) is 4.54. The summed E-state index contributed by atoms with van der Waals surface area (Å²) in [4.78, 5) is 0.651. The molecule has 2 rings (SSSR count). The Balaban J connectivity index is 2.08. The molecule has 6 heteroatoms. The molecule has 0 saturated carbocycles. The van der Waals surface area contributed by atoms with Crippen molar-refractivity contribution < 1.29 is 17.9 Å². The van der Waals surface area contributed by atoms with E-state index in [1.807, 2.05) is 6.92 Å². The largest absolute Gasteiger partial charge is 0.416 e. The lowest BCUT2D eigenvalue weighted by Crippen LogP contribution is -2.17. The topological polar surface area (TPSA) is 21.3 Å². The van der Waals surface area contributed by atoms with E-state index < -0.39 is 11.7 Å². The molecule has 0 spiro atoms. The summed E-state index contributed by atoms with van der Waals surface area (Å²) in [5, 5.41) is 2.95. The van der Waals surface area contributed by atoms with Gasteiger partial charge in [0.2, 0.25) is 0 Å². The van der Waals surface area contributed by atoms with Gasteiger partial charge in [0, 0.05) is 23.8 Å². The zero-order valence-corrected chi connectivity index (χ0v) is 12.8. The summed E-state index contributed by atoms with van der Waals surface area (Å²) >= 11 is 1.44. The molecule has 1 N–H and O–H groups in total. The van der Waals surface area contributed by atoms with Gasteiger partial charge in [0.05, 0.1) is 11.7 Å². The van der Waals surface area contributed by atoms with Gasteiger partial charge in [-0.2, -0.15) is 13.2 Å². The first-order chi connectivity index (χ1) is 10.0. The van der Waals surface area contributed by atoms with Crippen molar-refractivity contribution in [2.24, 2.45) is 0 Å². The molecule has 0 bridgehead atoms. The number of benzene rings is 1. The number of thioether (sulfide) groups is 1. The van der Waals surface area contributed by atoms with Crippen molar-refractivity contribution in [3.05, 3.63) is 29.3 Å². The number of nitrogens with one attached hydrogen (secondary N) is 1.